The number of nitrogens with zero attached hydrogens (tertiary/aromatic N) is 1. The van der Waals surface area contributed by atoms with Crippen molar-refractivity contribution >= 4 is 17.5 Å². The maximum atomic E-state index is 11.7. The summed E-state index contributed by atoms with van der Waals surface area (Å²) in [4.78, 5) is 13.7. The van der Waals surface area contributed by atoms with E-state index in [4.69, 9.17) is 11.6 Å². The molecule has 2 aliphatic rings. The van der Waals surface area contributed by atoms with Gasteiger partial charge in [-0.05, 0) is 30.0 Å². The lowest BCUT2D eigenvalue weighted by molar-refractivity contribution is -0.130. The van der Waals surface area contributed by atoms with E-state index in [0.717, 1.165) is 23.6 Å². The van der Waals surface area contributed by atoms with Gasteiger partial charge in [0.15, 0.2) is 0 Å². The summed E-state index contributed by atoms with van der Waals surface area (Å²) in [7, 11) is 0. The van der Waals surface area contributed by atoms with E-state index in [2.05, 4.69) is 0 Å². The molecule has 3 rings (SSSR count). The number of hydrogen-bond acceptors (Lipinski definition) is 1. The summed E-state index contributed by atoms with van der Waals surface area (Å²) in [5.41, 5.74) is 1.12. The summed E-state index contributed by atoms with van der Waals surface area (Å²) < 4.78 is 0. The molecule has 1 saturated carbocycles. The Morgan fingerprint density at radius 3 is 3.00 bits per heavy atom. The second-order valence-corrected chi connectivity index (χ2v) is 4.89. The third-order valence-corrected chi connectivity index (χ3v) is 3.50. The summed E-state index contributed by atoms with van der Waals surface area (Å²) in [5.74, 6) is 1.33. The van der Waals surface area contributed by atoms with Crippen LogP contribution in [0.15, 0.2) is 24.3 Å². The van der Waals surface area contributed by atoms with Gasteiger partial charge >= 0.3 is 0 Å². The fourth-order valence-corrected chi connectivity index (χ4v) is 2.57. The van der Waals surface area contributed by atoms with Crippen molar-refractivity contribution in [1.82, 2.24) is 4.90 Å². The highest BCUT2D eigenvalue weighted by atomic mass is 35.5. The van der Waals surface area contributed by atoms with Crippen LogP contribution in [0.1, 0.15) is 12.0 Å². The molecule has 0 bridgehead atoms. The van der Waals surface area contributed by atoms with Gasteiger partial charge in [-0.1, -0.05) is 23.7 Å². The van der Waals surface area contributed by atoms with Gasteiger partial charge in [0.2, 0.25) is 5.91 Å². The molecule has 1 saturated heterocycles. The SMILES string of the molecule is O=C1C2CC2CN1Cc1cccc(Cl)c1. The number of carbonyl (C=O) groups is 1. The molecule has 2 nitrogen and oxygen atoms in total. The maximum Gasteiger partial charge on any atom is 0.226 e. The Labute approximate surface area is 93.8 Å². The number of piperidine rings is 1. The van der Waals surface area contributed by atoms with Gasteiger partial charge in [-0.3, -0.25) is 4.79 Å². The third kappa shape index (κ3) is 1.63. The number of amides is 1. The van der Waals surface area contributed by atoms with Crippen molar-refractivity contribution in [3.05, 3.63) is 34.9 Å². The molecule has 1 heterocycles. The Morgan fingerprint density at radius 1 is 1.47 bits per heavy atom. The number of likely N-dealkylation sites (tertiary alicyclic amines) is 1. The van der Waals surface area contributed by atoms with Crippen molar-refractivity contribution in [1.29, 1.82) is 0 Å². The first-order valence-corrected chi connectivity index (χ1v) is 5.65. The van der Waals surface area contributed by atoms with Gasteiger partial charge < -0.3 is 4.90 Å². The molecule has 1 aromatic carbocycles. The Hall–Kier alpha value is -1.02. The minimum Gasteiger partial charge on any atom is -0.338 e. The maximum absolute atomic E-state index is 11.7. The van der Waals surface area contributed by atoms with Crippen LogP contribution in [0.3, 0.4) is 0 Å². The fourth-order valence-electron chi connectivity index (χ4n) is 2.36. The van der Waals surface area contributed by atoms with Crippen LogP contribution in [0.4, 0.5) is 0 Å². The molecule has 1 aliphatic carbocycles. The van der Waals surface area contributed by atoms with Gasteiger partial charge in [0.05, 0.1) is 0 Å². The van der Waals surface area contributed by atoms with Crippen LogP contribution in [0.2, 0.25) is 5.02 Å². The average Bonchev–Trinajstić information content (AvgIpc) is 2.89. The van der Waals surface area contributed by atoms with Gasteiger partial charge in [-0.25, -0.2) is 0 Å². The van der Waals surface area contributed by atoms with Crippen LogP contribution in [-0.4, -0.2) is 17.4 Å². The van der Waals surface area contributed by atoms with Crippen molar-refractivity contribution in [2.24, 2.45) is 11.8 Å². The number of benzene rings is 1. The molecule has 0 N–H and O–H groups in total. The highest BCUT2D eigenvalue weighted by Gasteiger charge is 2.51. The second-order valence-electron chi connectivity index (χ2n) is 4.45. The van der Waals surface area contributed by atoms with E-state index in [1.165, 1.54) is 0 Å². The van der Waals surface area contributed by atoms with Crippen molar-refractivity contribution in [2.75, 3.05) is 6.54 Å². The Kier molecular flexibility index (Phi) is 1.99. The molecule has 2 unspecified atom stereocenters. The van der Waals surface area contributed by atoms with E-state index in [0.29, 0.717) is 24.3 Å². The zero-order valence-corrected chi connectivity index (χ0v) is 9.07. The summed E-state index contributed by atoms with van der Waals surface area (Å²) in [5, 5.41) is 0.740. The van der Waals surface area contributed by atoms with E-state index in [1.54, 1.807) is 0 Å². The highest BCUT2D eigenvalue weighted by Crippen LogP contribution is 2.46. The number of carbonyl (C=O) groups excluding carboxylic acids is 1. The summed E-state index contributed by atoms with van der Waals surface area (Å²) >= 11 is 5.90. The average molecular weight is 222 g/mol. The minimum atomic E-state index is 0.333. The van der Waals surface area contributed by atoms with E-state index < -0.39 is 0 Å². The lowest BCUT2D eigenvalue weighted by atomic mass is 10.2. The van der Waals surface area contributed by atoms with Crippen molar-refractivity contribution in [2.45, 2.75) is 13.0 Å². The van der Waals surface area contributed by atoms with Gasteiger partial charge in [-0.15, -0.1) is 0 Å². The molecule has 1 aliphatic heterocycles. The molecule has 0 spiro atoms. The first kappa shape index (κ1) is 9.22. The van der Waals surface area contributed by atoms with Crippen molar-refractivity contribution in [3.63, 3.8) is 0 Å². The zero-order valence-electron chi connectivity index (χ0n) is 8.32. The van der Waals surface area contributed by atoms with Gasteiger partial charge in [0.25, 0.3) is 0 Å². The normalized spacial score (nSPS) is 28.1. The van der Waals surface area contributed by atoms with E-state index in [-0.39, 0.29) is 0 Å². The first-order valence-electron chi connectivity index (χ1n) is 5.27. The molecule has 1 amide bonds. The number of rotatable bonds is 2. The second kappa shape index (κ2) is 3.24. The highest BCUT2D eigenvalue weighted by molar-refractivity contribution is 6.30. The standard InChI is InChI=1S/C12H12ClNO/c13-10-3-1-2-8(4-10)6-14-7-9-5-11(9)12(14)15/h1-4,9,11H,5-7H2. The smallest absolute Gasteiger partial charge is 0.226 e. The number of halogens is 1. The van der Waals surface area contributed by atoms with Crippen LogP contribution >= 0.6 is 11.6 Å². The summed E-state index contributed by atoms with van der Waals surface area (Å²) in [6, 6.07) is 7.73. The lowest BCUT2D eigenvalue weighted by Crippen LogP contribution is -2.27. The van der Waals surface area contributed by atoms with Crippen LogP contribution in [-0.2, 0) is 11.3 Å². The largest absolute Gasteiger partial charge is 0.338 e. The molecule has 2 fully saturated rings. The number of fused-ring (bicyclic) bond motifs is 1. The molecular formula is C12H12ClNO. The van der Waals surface area contributed by atoms with Crippen molar-refractivity contribution in [3.8, 4) is 0 Å². The molecule has 0 radical (unpaired) electrons. The van der Waals surface area contributed by atoms with Crippen LogP contribution in [0.25, 0.3) is 0 Å². The zero-order chi connectivity index (χ0) is 10.4. The first-order chi connectivity index (χ1) is 7.24. The molecule has 2 atom stereocenters. The molecular weight excluding hydrogens is 210 g/mol. The van der Waals surface area contributed by atoms with Gasteiger partial charge in [0, 0.05) is 24.0 Å². The molecule has 1 aromatic rings. The topological polar surface area (TPSA) is 20.3 Å². The Morgan fingerprint density at radius 2 is 2.33 bits per heavy atom. The van der Waals surface area contributed by atoms with Crippen LogP contribution < -0.4 is 0 Å². The van der Waals surface area contributed by atoms with Crippen LogP contribution in [0, 0.1) is 11.8 Å². The van der Waals surface area contributed by atoms with E-state index in [1.807, 2.05) is 29.2 Å². The Bertz CT molecular complexity index is 418. The molecule has 3 heteroatoms. The molecule has 78 valence electrons. The van der Waals surface area contributed by atoms with E-state index >= 15 is 0 Å². The lowest BCUT2D eigenvalue weighted by Gasteiger charge is -2.18. The monoisotopic (exact) mass is 221 g/mol. The molecule has 15 heavy (non-hydrogen) atoms. The Balaban J connectivity index is 1.73. The predicted molar refractivity (Wildman–Crippen MR) is 58.5 cm³/mol. The van der Waals surface area contributed by atoms with Gasteiger partial charge in [-0.2, -0.15) is 0 Å². The number of hydrogen-bond donors (Lipinski definition) is 0. The van der Waals surface area contributed by atoms with Gasteiger partial charge in [0.1, 0.15) is 0 Å². The summed E-state index contributed by atoms with van der Waals surface area (Å²) in [6.07, 6.45) is 1.12. The van der Waals surface area contributed by atoms with Crippen molar-refractivity contribution < 1.29 is 4.79 Å². The van der Waals surface area contributed by atoms with E-state index in [9.17, 15) is 4.79 Å². The van der Waals surface area contributed by atoms with Crippen LogP contribution in [0.5, 0.6) is 0 Å². The quantitative estimate of drug-likeness (QED) is 0.751. The minimum absolute atomic E-state index is 0.333. The fraction of sp³-hybridized carbons (Fsp3) is 0.417. The summed E-state index contributed by atoms with van der Waals surface area (Å²) in [6.45, 7) is 1.66. The third-order valence-electron chi connectivity index (χ3n) is 3.27. The predicted octanol–water partition coefficient (Wildman–Crippen LogP) is 2.32. The molecule has 0 aromatic heterocycles.